The lowest BCUT2D eigenvalue weighted by Crippen LogP contribution is -2.20. The van der Waals surface area contributed by atoms with Gasteiger partial charge in [-0.05, 0) is 79.7 Å². The molecule has 160 valence electrons. The number of ether oxygens (including phenoxy) is 1. The molecular weight excluding hydrogens is 437 g/mol. The molecule has 0 aliphatic rings. The Labute approximate surface area is 190 Å². The van der Waals surface area contributed by atoms with Crippen LogP contribution in [-0.4, -0.2) is 18.1 Å². The fourth-order valence-corrected chi connectivity index (χ4v) is 3.31. The maximum absolute atomic E-state index is 13.8. The summed E-state index contributed by atoms with van der Waals surface area (Å²) in [6, 6.07) is 14.7. The molecule has 0 saturated carbocycles. The third kappa shape index (κ3) is 5.51. The summed E-state index contributed by atoms with van der Waals surface area (Å²) in [5.74, 6) is -0.463. The quantitative estimate of drug-likeness (QED) is 0.400. The van der Waals surface area contributed by atoms with Crippen molar-refractivity contribution in [3.8, 4) is 5.75 Å². The summed E-state index contributed by atoms with van der Waals surface area (Å²) >= 11 is 11.6. The topological polar surface area (TPSA) is 62.4 Å². The normalized spacial score (nSPS) is 10.4. The van der Waals surface area contributed by atoms with Crippen LogP contribution < -0.4 is 20.7 Å². The molecule has 3 aromatic carbocycles. The van der Waals surface area contributed by atoms with Crippen LogP contribution in [0.15, 0.2) is 54.6 Å². The standard InChI is InChI=1S/C23H21ClFN3O2S/c1-13-11-21(30-3)20(12-17(13)24)28-23(31)26-15-8-9-19(14(2)10-15)27-22(29)16-6-4-5-7-18(16)25/h4-12H,1-3H3,(H,27,29)(H2,26,28,31). The van der Waals surface area contributed by atoms with E-state index in [2.05, 4.69) is 16.0 Å². The first-order valence-electron chi connectivity index (χ1n) is 9.37. The van der Waals surface area contributed by atoms with Crippen molar-refractivity contribution >= 4 is 51.9 Å². The van der Waals surface area contributed by atoms with Gasteiger partial charge in [0, 0.05) is 16.4 Å². The summed E-state index contributed by atoms with van der Waals surface area (Å²) in [5, 5.41) is 9.83. The summed E-state index contributed by atoms with van der Waals surface area (Å²) in [6.07, 6.45) is 0. The molecule has 5 nitrogen and oxygen atoms in total. The zero-order valence-electron chi connectivity index (χ0n) is 17.2. The fraction of sp³-hybridized carbons (Fsp3) is 0.130. The molecule has 0 spiro atoms. The van der Waals surface area contributed by atoms with Crippen LogP contribution in [0.3, 0.4) is 0 Å². The van der Waals surface area contributed by atoms with Crippen molar-refractivity contribution in [1.29, 1.82) is 0 Å². The van der Waals surface area contributed by atoms with E-state index in [1.165, 1.54) is 18.2 Å². The van der Waals surface area contributed by atoms with Crippen LogP contribution in [0.5, 0.6) is 5.75 Å². The Hall–Kier alpha value is -3.16. The number of nitrogens with one attached hydrogen (secondary N) is 3. The lowest BCUT2D eigenvalue weighted by molar-refractivity contribution is 0.102. The Morgan fingerprint density at radius 3 is 2.39 bits per heavy atom. The van der Waals surface area contributed by atoms with Crippen LogP contribution in [0.1, 0.15) is 21.5 Å². The molecule has 3 N–H and O–H groups in total. The predicted octanol–water partition coefficient (Wildman–Crippen LogP) is 6.17. The van der Waals surface area contributed by atoms with Gasteiger partial charge in [-0.15, -0.1) is 0 Å². The lowest BCUT2D eigenvalue weighted by atomic mass is 10.1. The third-order valence-corrected chi connectivity index (χ3v) is 5.19. The number of thiocarbonyl (C=S) groups is 1. The molecule has 3 aromatic rings. The Morgan fingerprint density at radius 2 is 1.71 bits per heavy atom. The molecule has 8 heteroatoms. The highest BCUT2D eigenvalue weighted by Gasteiger charge is 2.13. The van der Waals surface area contributed by atoms with Gasteiger partial charge in [0.05, 0.1) is 18.4 Å². The van der Waals surface area contributed by atoms with Crippen LogP contribution in [0.2, 0.25) is 5.02 Å². The fourth-order valence-electron chi connectivity index (χ4n) is 2.92. The van der Waals surface area contributed by atoms with Crippen LogP contribution in [0.25, 0.3) is 0 Å². The number of anilines is 3. The van der Waals surface area contributed by atoms with E-state index in [4.69, 9.17) is 28.6 Å². The van der Waals surface area contributed by atoms with E-state index in [0.717, 1.165) is 16.8 Å². The molecule has 0 aliphatic carbocycles. The Morgan fingerprint density at radius 1 is 0.968 bits per heavy atom. The summed E-state index contributed by atoms with van der Waals surface area (Å²) < 4.78 is 19.2. The second-order valence-corrected chi connectivity index (χ2v) is 7.66. The summed E-state index contributed by atoms with van der Waals surface area (Å²) in [5.41, 5.74) is 3.60. The first-order valence-corrected chi connectivity index (χ1v) is 10.2. The number of carbonyl (C=O) groups is 1. The average Bonchev–Trinajstić information content (AvgIpc) is 2.72. The Balaban J connectivity index is 1.69. The molecular formula is C23H21ClFN3O2S. The van der Waals surface area contributed by atoms with Gasteiger partial charge in [-0.25, -0.2) is 4.39 Å². The van der Waals surface area contributed by atoms with Crippen molar-refractivity contribution in [1.82, 2.24) is 0 Å². The second-order valence-electron chi connectivity index (χ2n) is 6.84. The molecule has 1 amide bonds. The average molecular weight is 458 g/mol. The van der Waals surface area contributed by atoms with Gasteiger partial charge in [-0.2, -0.15) is 0 Å². The number of carbonyl (C=O) groups excluding carboxylic acids is 1. The van der Waals surface area contributed by atoms with E-state index >= 15 is 0 Å². The lowest BCUT2D eigenvalue weighted by Gasteiger charge is -2.16. The maximum atomic E-state index is 13.8. The molecule has 3 rings (SSSR count). The second kappa shape index (κ2) is 9.76. The SMILES string of the molecule is COc1cc(C)c(Cl)cc1NC(=S)Nc1ccc(NC(=O)c2ccccc2F)c(C)c1. The van der Waals surface area contributed by atoms with Gasteiger partial charge < -0.3 is 20.7 Å². The molecule has 0 aliphatic heterocycles. The summed E-state index contributed by atoms with van der Waals surface area (Å²) in [6.45, 7) is 3.72. The van der Waals surface area contributed by atoms with E-state index in [1.54, 1.807) is 31.4 Å². The number of aryl methyl sites for hydroxylation is 2. The number of methoxy groups -OCH3 is 1. The molecule has 31 heavy (non-hydrogen) atoms. The van der Waals surface area contributed by atoms with Crippen molar-refractivity contribution in [2.45, 2.75) is 13.8 Å². The molecule has 0 radical (unpaired) electrons. The van der Waals surface area contributed by atoms with E-state index in [-0.39, 0.29) is 5.56 Å². The minimum absolute atomic E-state index is 0.0137. The zero-order valence-corrected chi connectivity index (χ0v) is 18.7. The first-order chi connectivity index (χ1) is 14.8. The van der Waals surface area contributed by atoms with E-state index in [1.807, 2.05) is 26.0 Å². The van der Waals surface area contributed by atoms with Crippen LogP contribution in [0.4, 0.5) is 21.5 Å². The van der Waals surface area contributed by atoms with Gasteiger partial charge in [0.2, 0.25) is 0 Å². The van der Waals surface area contributed by atoms with Crippen molar-refractivity contribution in [3.63, 3.8) is 0 Å². The molecule has 0 unspecified atom stereocenters. The largest absolute Gasteiger partial charge is 0.495 e. The monoisotopic (exact) mass is 457 g/mol. The Kier molecular flexibility index (Phi) is 7.09. The van der Waals surface area contributed by atoms with Crippen LogP contribution >= 0.6 is 23.8 Å². The molecule has 0 atom stereocenters. The molecule has 0 saturated heterocycles. The van der Waals surface area contributed by atoms with E-state index < -0.39 is 11.7 Å². The Bertz CT molecular complexity index is 1150. The van der Waals surface area contributed by atoms with Crippen LogP contribution in [-0.2, 0) is 0 Å². The third-order valence-electron chi connectivity index (χ3n) is 4.58. The first kappa shape index (κ1) is 22.5. The van der Waals surface area contributed by atoms with Crippen LogP contribution in [0, 0.1) is 19.7 Å². The van der Waals surface area contributed by atoms with Crippen molar-refractivity contribution in [2.24, 2.45) is 0 Å². The number of amides is 1. The minimum Gasteiger partial charge on any atom is -0.495 e. The zero-order chi connectivity index (χ0) is 22.5. The van der Waals surface area contributed by atoms with Gasteiger partial charge in [0.25, 0.3) is 5.91 Å². The molecule has 0 fully saturated rings. The number of benzene rings is 3. The highest BCUT2D eigenvalue weighted by Crippen LogP contribution is 2.31. The van der Waals surface area contributed by atoms with Gasteiger partial charge in [0.15, 0.2) is 5.11 Å². The van der Waals surface area contributed by atoms with Crippen molar-refractivity contribution in [2.75, 3.05) is 23.1 Å². The van der Waals surface area contributed by atoms with Crippen molar-refractivity contribution in [3.05, 3.63) is 82.1 Å². The number of halogens is 2. The minimum atomic E-state index is -0.570. The van der Waals surface area contributed by atoms with E-state index in [0.29, 0.717) is 27.3 Å². The number of hydrogen-bond acceptors (Lipinski definition) is 3. The maximum Gasteiger partial charge on any atom is 0.258 e. The van der Waals surface area contributed by atoms with Gasteiger partial charge in [-0.1, -0.05) is 23.7 Å². The van der Waals surface area contributed by atoms with Crippen molar-refractivity contribution < 1.29 is 13.9 Å². The van der Waals surface area contributed by atoms with Gasteiger partial charge in [0.1, 0.15) is 11.6 Å². The molecule has 0 aromatic heterocycles. The summed E-state index contributed by atoms with van der Waals surface area (Å²) in [4.78, 5) is 12.3. The highest BCUT2D eigenvalue weighted by molar-refractivity contribution is 7.80. The predicted molar refractivity (Wildman–Crippen MR) is 128 cm³/mol. The molecule has 0 heterocycles. The summed E-state index contributed by atoms with van der Waals surface area (Å²) in [7, 11) is 1.57. The smallest absolute Gasteiger partial charge is 0.258 e. The number of rotatable bonds is 5. The highest BCUT2D eigenvalue weighted by atomic mass is 35.5. The van der Waals surface area contributed by atoms with Gasteiger partial charge in [-0.3, -0.25) is 4.79 Å². The van der Waals surface area contributed by atoms with E-state index in [9.17, 15) is 9.18 Å². The molecule has 0 bridgehead atoms. The van der Waals surface area contributed by atoms with Gasteiger partial charge >= 0.3 is 0 Å². The number of hydrogen-bond donors (Lipinski definition) is 3.